The van der Waals surface area contributed by atoms with E-state index in [1.807, 2.05) is 24.3 Å². The number of anilines is 1. The van der Waals surface area contributed by atoms with Gasteiger partial charge in [-0.3, -0.25) is 0 Å². The van der Waals surface area contributed by atoms with Gasteiger partial charge in [-0.25, -0.2) is 15.0 Å². The number of hydrogen-bond acceptors (Lipinski definition) is 5. The van der Waals surface area contributed by atoms with Crippen LogP contribution in [0.3, 0.4) is 0 Å². The first-order chi connectivity index (χ1) is 11.6. The van der Waals surface area contributed by atoms with Gasteiger partial charge in [0, 0.05) is 34.5 Å². The molecular formula is C20H27N5. The van der Waals surface area contributed by atoms with Gasteiger partial charge in [0.15, 0.2) is 5.82 Å². The maximum atomic E-state index is 7.03. The van der Waals surface area contributed by atoms with Gasteiger partial charge in [0.25, 0.3) is 0 Å². The first kappa shape index (κ1) is 18.8. The zero-order valence-electron chi connectivity index (χ0n) is 15.9. The molecular weight excluding hydrogens is 310 g/mol. The quantitative estimate of drug-likeness (QED) is 0.792. The van der Waals surface area contributed by atoms with E-state index in [2.05, 4.69) is 46.9 Å². The Morgan fingerprint density at radius 1 is 0.920 bits per heavy atom. The van der Waals surface area contributed by atoms with Crippen LogP contribution in [0.1, 0.15) is 53.2 Å². The molecule has 0 fully saturated rings. The van der Waals surface area contributed by atoms with Crippen LogP contribution in [0.25, 0.3) is 11.4 Å². The Balaban J connectivity index is 2.53. The molecule has 5 heteroatoms. The van der Waals surface area contributed by atoms with E-state index < -0.39 is 0 Å². The number of nitrogens with zero attached hydrogens (tertiary/aromatic N) is 3. The van der Waals surface area contributed by atoms with E-state index in [0.29, 0.717) is 5.82 Å². The Labute approximate surface area is 150 Å². The van der Waals surface area contributed by atoms with Crippen LogP contribution in [0.5, 0.6) is 0 Å². The van der Waals surface area contributed by atoms with Crippen molar-refractivity contribution in [3.63, 3.8) is 0 Å². The van der Waals surface area contributed by atoms with E-state index >= 15 is 0 Å². The van der Waals surface area contributed by atoms with Gasteiger partial charge in [-0.05, 0) is 18.2 Å². The molecule has 0 spiro atoms. The van der Waals surface area contributed by atoms with Crippen molar-refractivity contribution in [2.24, 2.45) is 0 Å². The molecule has 0 amide bonds. The average Bonchev–Trinajstić information content (AvgIpc) is 2.53. The van der Waals surface area contributed by atoms with E-state index in [0.717, 1.165) is 22.9 Å². The standard InChI is InChI=1S/C20H27N5/c1-19(2,3)17-23-16(24-18(25-17)20(4,5)6)14-9-7-10-15(13-14)22-12-8-11-21/h7-13,21-22H,1-6H3/b12-8-,21-11?. The van der Waals surface area contributed by atoms with Gasteiger partial charge in [0.05, 0.1) is 0 Å². The van der Waals surface area contributed by atoms with Crippen LogP contribution in [0, 0.1) is 5.41 Å². The monoisotopic (exact) mass is 337 g/mol. The second-order valence-electron chi connectivity index (χ2n) is 8.06. The van der Waals surface area contributed by atoms with Crippen molar-refractivity contribution in [1.29, 1.82) is 5.41 Å². The van der Waals surface area contributed by atoms with E-state index in [9.17, 15) is 0 Å². The van der Waals surface area contributed by atoms with Crippen molar-refractivity contribution in [2.75, 3.05) is 5.32 Å². The van der Waals surface area contributed by atoms with Crippen LogP contribution in [-0.2, 0) is 10.8 Å². The van der Waals surface area contributed by atoms with Crippen LogP contribution in [0.15, 0.2) is 36.5 Å². The predicted octanol–water partition coefficient (Wildman–Crippen LogP) is 4.71. The first-order valence-corrected chi connectivity index (χ1v) is 8.41. The van der Waals surface area contributed by atoms with E-state index in [1.54, 1.807) is 12.3 Å². The molecule has 0 unspecified atom stereocenters. The molecule has 1 aromatic carbocycles. The number of hydrogen-bond donors (Lipinski definition) is 2. The smallest absolute Gasteiger partial charge is 0.163 e. The number of nitrogens with one attached hydrogen (secondary N) is 2. The van der Waals surface area contributed by atoms with Crippen molar-refractivity contribution in [3.8, 4) is 11.4 Å². The highest BCUT2D eigenvalue weighted by Gasteiger charge is 2.25. The van der Waals surface area contributed by atoms with Crippen LogP contribution < -0.4 is 5.32 Å². The third-order valence-corrected chi connectivity index (χ3v) is 3.54. The lowest BCUT2D eigenvalue weighted by molar-refractivity contribution is 0.497. The molecule has 0 bridgehead atoms. The highest BCUT2D eigenvalue weighted by molar-refractivity contribution is 5.69. The summed E-state index contributed by atoms with van der Waals surface area (Å²) in [6.07, 6.45) is 4.58. The summed E-state index contributed by atoms with van der Waals surface area (Å²) in [5.41, 5.74) is 1.55. The number of rotatable bonds is 4. The van der Waals surface area contributed by atoms with Crippen LogP contribution >= 0.6 is 0 Å². The lowest BCUT2D eigenvalue weighted by atomic mass is 9.93. The number of allylic oxidation sites excluding steroid dienone is 1. The van der Waals surface area contributed by atoms with E-state index in [4.69, 9.17) is 20.4 Å². The fraction of sp³-hybridized carbons (Fsp3) is 0.400. The number of aromatic nitrogens is 3. The van der Waals surface area contributed by atoms with Crippen molar-refractivity contribution >= 4 is 11.9 Å². The molecule has 132 valence electrons. The molecule has 0 radical (unpaired) electrons. The highest BCUT2D eigenvalue weighted by atomic mass is 15.1. The third kappa shape index (κ3) is 4.95. The lowest BCUT2D eigenvalue weighted by Gasteiger charge is -2.22. The fourth-order valence-electron chi connectivity index (χ4n) is 2.12. The molecule has 0 aliphatic carbocycles. The van der Waals surface area contributed by atoms with Crippen LogP contribution in [0.2, 0.25) is 0 Å². The Morgan fingerprint density at radius 3 is 2.04 bits per heavy atom. The maximum absolute atomic E-state index is 7.03. The molecule has 2 aromatic rings. The Bertz CT molecular complexity index is 747. The normalized spacial score (nSPS) is 12.4. The molecule has 1 aromatic heterocycles. The summed E-state index contributed by atoms with van der Waals surface area (Å²) in [5.74, 6) is 2.28. The van der Waals surface area contributed by atoms with Crippen molar-refractivity contribution < 1.29 is 0 Å². The molecule has 2 rings (SSSR count). The van der Waals surface area contributed by atoms with Gasteiger partial charge < -0.3 is 10.7 Å². The van der Waals surface area contributed by atoms with Gasteiger partial charge in [-0.1, -0.05) is 53.7 Å². The molecule has 0 saturated heterocycles. The second kappa shape index (κ2) is 7.13. The zero-order valence-corrected chi connectivity index (χ0v) is 15.9. The third-order valence-electron chi connectivity index (χ3n) is 3.54. The first-order valence-electron chi connectivity index (χ1n) is 8.41. The molecule has 0 saturated carbocycles. The molecule has 0 aliphatic rings. The Kier molecular flexibility index (Phi) is 5.36. The van der Waals surface area contributed by atoms with Gasteiger partial charge in [-0.2, -0.15) is 0 Å². The largest absolute Gasteiger partial charge is 0.362 e. The van der Waals surface area contributed by atoms with Crippen molar-refractivity contribution in [2.45, 2.75) is 52.4 Å². The summed E-state index contributed by atoms with van der Waals surface area (Å²) >= 11 is 0. The predicted molar refractivity (Wildman–Crippen MR) is 104 cm³/mol. The van der Waals surface area contributed by atoms with Gasteiger partial charge in [0.2, 0.25) is 0 Å². The topological polar surface area (TPSA) is 74.6 Å². The van der Waals surface area contributed by atoms with Gasteiger partial charge in [0.1, 0.15) is 11.6 Å². The summed E-state index contributed by atoms with van der Waals surface area (Å²) in [4.78, 5) is 14.2. The summed E-state index contributed by atoms with van der Waals surface area (Å²) < 4.78 is 0. The van der Waals surface area contributed by atoms with Crippen LogP contribution in [0.4, 0.5) is 5.69 Å². The van der Waals surface area contributed by atoms with Crippen LogP contribution in [-0.4, -0.2) is 21.2 Å². The lowest BCUT2D eigenvalue weighted by Crippen LogP contribution is -2.24. The highest BCUT2D eigenvalue weighted by Crippen LogP contribution is 2.27. The molecule has 5 nitrogen and oxygen atoms in total. The molecule has 0 atom stereocenters. The maximum Gasteiger partial charge on any atom is 0.163 e. The van der Waals surface area contributed by atoms with Crippen molar-refractivity contribution in [3.05, 3.63) is 48.2 Å². The van der Waals surface area contributed by atoms with E-state index in [1.165, 1.54) is 6.21 Å². The molecule has 1 heterocycles. The van der Waals surface area contributed by atoms with Crippen molar-refractivity contribution in [1.82, 2.24) is 15.0 Å². The minimum atomic E-state index is -0.153. The van der Waals surface area contributed by atoms with E-state index in [-0.39, 0.29) is 10.8 Å². The fourth-order valence-corrected chi connectivity index (χ4v) is 2.12. The minimum Gasteiger partial charge on any atom is -0.362 e. The second-order valence-corrected chi connectivity index (χ2v) is 8.06. The minimum absolute atomic E-state index is 0.153. The zero-order chi connectivity index (χ0) is 18.7. The Hall–Kier alpha value is -2.56. The molecule has 25 heavy (non-hydrogen) atoms. The van der Waals surface area contributed by atoms with Gasteiger partial charge in [-0.15, -0.1) is 0 Å². The summed E-state index contributed by atoms with van der Waals surface area (Å²) in [6, 6.07) is 7.93. The van der Waals surface area contributed by atoms with Gasteiger partial charge >= 0.3 is 0 Å². The SMILES string of the molecule is CC(C)(C)c1nc(-c2cccc(N/C=C\C=N)c2)nc(C(C)(C)C)n1. The molecule has 0 aliphatic heterocycles. The summed E-state index contributed by atoms with van der Waals surface area (Å²) in [6.45, 7) is 12.7. The number of benzene rings is 1. The average molecular weight is 337 g/mol. The Morgan fingerprint density at radius 2 is 1.52 bits per heavy atom. The molecule has 2 N–H and O–H groups in total. The summed E-state index contributed by atoms with van der Waals surface area (Å²) in [5, 5.41) is 10.2. The summed E-state index contributed by atoms with van der Waals surface area (Å²) in [7, 11) is 0.